The van der Waals surface area contributed by atoms with Crippen molar-refractivity contribution < 1.29 is 4.42 Å². The fourth-order valence-electron chi connectivity index (χ4n) is 4.66. The number of thiocarbonyl (C=S) groups is 1. The normalized spacial score (nSPS) is 18.1. The lowest BCUT2D eigenvalue weighted by atomic mass is 10.0. The summed E-state index contributed by atoms with van der Waals surface area (Å²) in [5, 5.41) is 6.65. The van der Waals surface area contributed by atoms with Gasteiger partial charge in [-0.3, -0.25) is 4.98 Å². The van der Waals surface area contributed by atoms with Gasteiger partial charge in [-0.15, -0.1) is 0 Å². The van der Waals surface area contributed by atoms with Crippen molar-refractivity contribution in [2.24, 2.45) is 0 Å². The summed E-state index contributed by atoms with van der Waals surface area (Å²) >= 11 is 5.80. The van der Waals surface area contributed by atoms with E-state index in [4.69, 9.17) is 16.6 Å². The molecule has 33 heavy (non-hydrogen) atoms. The van der Waals surface area contributed by atoms with Crippen molar-refractivity contribution >= 4 is 28.1 Å². The third kappa shape index (κ3) is 3.58. The van der Waals surface area contributed by atoms with Gasteiger partial charge in [0.2, 0.25) is 0 Å². The van der Waals surface area contributed by atoms with E-state index in [0.29, 0.717) is 11.7 Å². The predicted molar refractivity (Wildman–Crippen MR) is 133 cm³/mol. The molecule has 4 heterocycles. The van der Waals surface area contributed by atoms with Gasteiger partial charge in [0.05, 0.1) is 30.6 Å². The largest absolute Gasteiger partial charge is 0.467 e. The molecule has 0 spiro atoms. The Hall–Kier alpha value is -3.90. The first-order valence-electron chi connectivity index (χ1n) is 10.9. The minimum Gasteiger partial charge on any atom is -0.467 e. The fourth-order valence-corrected chi connectivity index (χ4v) is 4.97. The Labute approximate surface area is 197 Å². The standard InChI is InChI=1S/C27H22N4OS/c33-27-29-25(23-10-3-4-14-28-23)26(31(27)18-22-9-6-16-32-22)24-11-5-15-30(24)21-13-12-19-7-1-2-8-20(19)17-21/h1-17,25-26H,18H2,(H,29,33)/t25-,26+/m1/s1. The lowest BCUT2D eigenvalue weighted by Crippen LogP contribution is -2.29. The minimum absolute atomic E-state index is 0.0565. The SMILES string of the molecule is S=C1N[C@H](c2ccccn2)[C@H](c2cccn2-c2ccc3ccccc3c2)N1Cc1ccco1. The molecule has 1 aliphatic rings. The molecule has 5 aromatic rings. The molecule has 1 N–H and O–H groups in total. The van der Waals surface area contributed by atoms with Crippen molar-refractivity contribution in [2.45, 2.75) is 18.6 Å². The van der Waals surface area contributed by atoms with Gasteiger partial charge in [-0.1, -0.05) is 36.4 Å². The van der Waals surface area contributed by atoms with Crippen LogP contribution in [0.4, 0.5) is 0 Å². The molecule has 3 aromatic heterocycles. The van der Waals surface area contributed by atoms with Gasteiger partial charge >= 0.3 is 0 Å². The number of furan rings is 1. The molecule has 1 aliphatic heterocycles. The number of benzene rings is 2. The number of fused-ring (bicyclic) bond motifs is 1. The van der Waals surface area contributed by atoms with Crippen LogP contribution in [0, 0.1) is 0 Å². The number of nitrogens with zero attached hydrogens (tertiary/aromatic N) is 3. The third-order valence-electron chi connectivity index (χ3n) is 6.20. The van der Waals surface area contributed by atoms with E-state index in [-0.39, 0.29) is 12.1 Å². The maximum atomic E-state index is 5.80. The maximum absolute atomic E-state index is 5.80. The molecule has 0 radical (unpaired) electrons. The van der Waals surface area contributed by atoms with Gasteiger partial charge in [0.1, 0.15) is 5.76 Å². The summed E-state index contributed by atoms with van der Waals surface area (Å²) in [5.41, 5.74) is 3.21. The second-order valence-corrected chi connectivity index (χ2v) is 8.56. The lowest BCUT2D eigenvalue weighted by Gasteiger charge is -2.28. The van der Waals surface area contributed by atoms with Crippen LogP contribution >= 0.6 is 12.2 Å². The third-order valence-corrected chi connectivity index (χ3v) is 6.55. The van der Waals surface area contributed by atoms with Crippen LogP contribution in [0.5, 0.6) is 0 Å². The Balaban J connectivity index is 1.46. The molecule has 1 fully saturated rings. The first-order valence-corrected chi connectivity index (χ1v) is 11.4. The predicted octanol–water partition coefficient (Wildman–Crippen LogP) is 5.79. The Kier molecular flexibility index (Phi) is 4.92. The molecule has 2 aromatic carbocycles. The van der Waals surface area contributed by atoms with Gasteiger partial charge in [0.25, 0.3) is 0 Å². The van der Waals surface area contributed by atoms with Crippen LogP contribution in [0.3, 0.4) is 0 Å². The number of hydrogen-bond acceptors (Lipinski definition) is 3. The van der Waals surface area contributed by atoms with Crippen molar-refractivity contribution in [3.63, 3.8) is 0 Å². The van der Waals surface area contributed by atoms with E-state index >= 15 is 0 Å². The Bertz CT molecular complexity index is 1410. The zero-order chi connectivity index (χ0) is 22.2. The summed E-state index contributed by atoms with van der Waals surface area (Å²) in [5.74, 6) is 0.870. The van der Waals surface area contributed by atoms with E-state index in [0.717, 1.165) is 22.8 Å². The summed E-state index contributed by atoms with van der Waals surface area (Å²) in [4.78, 5) is 6.84. The van der Waals surface area contributed by atoms with Gasteiger partial charge in [-0.25, -0.2) is 0 Å². The van der Waals surface area contributed by atoms with Gasteiger partial charge in [0.15, 0.2) is 5.11 Å². The summed E-state index contributed by atoms with van der Waals surface area (Å²) in [6.07, 6.45) is 5.64. The molecule has 0 aliphatic carbocycles. The van der Waals surface area contributed by atoms with Gasteiger partial charge in [-0.05, 0) is 71.5 Å². The highest BCUT2D eigenvalue weighted by Gasteiger charge is 2.41. The highest BCUT2D eigenvalue weighted by Crippen LogP contribution is 2.40. The van der Waals surface area contributed by atoms with E-state index in [1.807, 2.05) is 36.5 Å². The molecule has 6 rings (SSSR count). The molecular formula is C27H22N4OS. The van der Waals surface area contributed by atoms with Crippen LogP contribution in [-0.4, -0.2) is 19.6 Å². The van der Waals surface area contributed by atoms with Crippen LogP contribution in [0.1, 0.15) is 29.2 Å². The van der Waals surface area contributed by atoms with Crippen LogP contribution < -0.4 is 5.32 Å². The molecular weight excluding hydrogens is 428 g/mol. The molecule has 6 heteroatoms. The first-order chi connectivity index (χ1) is 16.3. The second-order valence-electron chi connectivity index (χ2n) is 8.17. The van der Waals surface area contributed by atoms with Gasteiger partial charge in [0, 0.05) is 23.8 Å². The van der Waals surface area contributed by atoms with E-state index < -0.39 is 0 Å². The van der Waals surface area contributed by atoms with Crippen molar-refractivity contribution in [1.29, 1.82) is 0 Å². The van der Waals surface area contributed by atoms with E-state index in [1.165, 1.54) is 10.8 Å². The molecule has 0 saturated carbocycles. The van der Waals surface area contributed by atoms with Crippen molar-refractivity contribution in [3.8, 4) is 5.69 Å². The average Bonchev–Trinajstić information content (AvgIpc) is 3.61. The van der Waals surface area contributed by atoms with E-state index in [2.05, 4.69) is 80.6 Å². The van der Waals surface area contributed by atoms with Crippen molar-refractivity contribution in [3.05, 3.63) is 121 Å². The second kappa shape index (κ2) is 8.22. The minimum atomic E-state index is -0.0808. The smallest absolute Gasteiger partial charge is 0.170 e. The van der Waals surface area contributed by atoms with Gasteiger partial charge < -0.3 is 19.2 Å². The zero-order valence-electron chi connectivity index (χ0n) is 17.8. The highest BCUT2D eigenvalue weighted by atomic mass is 32.1. The Morgan fingerprint density at radius 1 is 0.909 bits per heavy atom. The fraction of sp³-hybridized carbons (Fsp3) is 0.111. The summed E-state index contributed by atoms with van der Waals surface area (Å²) in [6.45, 7) is 0.579. The number of rotatable bonds is 5. The van der Waals surface area contributed by atoms with Gasteiger partial charge in [-0.2, -0.15) is 0 Å². The highest BCUT2D eigenvalue weighted by molar-refractivity contribution is 7.80. The zero-order valence-corrected chi connectivity index (χ0v) is 18.7. The molecule has 0 bridgehead atoms. The van der Waals surface area contributed by atoms with Crippen LogP contribution in [0.15, 0.2) is 108 Å². The maximum Gasteiger partial charge on any atom is 0.170 e. The van der Waals surface area contributed by atoms with Crippen LogP contribution in [-0.2, 0) is 6.54 Å². The topological polar surface area (TPSA) is 46.2 Å². The number of hydrogen-bond donors (Lipinski definition) is 1. The Morgan fingerprint density at radius 3 is 2.61 bits per heavy atom. The number of nitrogens with one attached hydrogen (secondary N) is 1. The van der Waals surface area contributed by atoms with Crippen LogP contribution in [0.25, 0.3) is 16.5 Å². The van der Waals surface area contributed by atoms with Crippen molar-refractivity contribution in [1.82, 2.24) is 19.8 Å². The molecule has 162 valence electrons. The monoisotopic (exact) mass is 450 g/mol. The Morgan fingerprint density at radius 2 is 1.79 bits per heavy atom. The summed E-state index contributed by atoms with van der Waals surface area (Å²) in [7, 11) is 0. The van der Waals surface area contributed by atoms with Crippen molar-refractivity contribution in [2.75, 3.05) is 0 Å². The summed E-state index contributed by atoms with van der Waals surface area (Å²) < 4.78 is 7.91. The molecule has 5 nitrogen and oxygen atoms in total. The average molecular weight is 451 g/mol. The van der Waals surface area contributed by atoms with E-state index in [9.17, 15) is 0 Å². The summed E-state index contributed by atoms with van der Waals surface area (Å²) in [6, 6.07) is 29.0. The molecule has 1 saturated heterocycles. The molecule has 2 atom stereocenters. The molecule has 0 unspecified atom stereocenters. The quantitative estimate of drug-likeness (QED) is 0.343. The number of pyridine rings is 1. The number of aromatic nitrogens is 2. The first kappa shape index (κ1) is 19.8. The van der Waals surface area contributed by atoms with E-state index in [1.54, 1.807) is 6.26 Å². The lowest BCUT2D eigenvalue weighted by molar-refractivity contribution is 0.280. The van der Waals surface area contributed by atoms with Crippen LogP contribution in [0.2, 0.25) is 0 Å². The molecule has 0 amide bonds.